The Morgan fingerprint density at radius 2 is 0.829 bits per heavy atom. The van der Waals surface area contributed by atoms with Crippen molar-refractivity contribution >= 4 is 35.0 Å². The Labute approximate surface area is 239 Å². The molecule has 0 aliphatic heterocycles. The highest BCUT2D eigenvalue weighted by molar-refractivity contribution is 5.97. The standard InChI is InChI=1S/C33H32N4O4/c38-30(36-28-18-14-26(15-19-28)32(40)34-22-24-8-3-1-4-9-24)12-7-13-31(39)37-29-20-16-27(17-21-29)33(41)35-23-25-10-5-2-6-11-25/h1-6,8-11,14-21H,7,12-13,22-23H2,(H,34,40)(H,35,41)(H,36,38)(H,37,39). The van der Waals surface area contributed by atoms with Crippen molar-refractivity contribution in [2.75, 3.05) is 10.6 Å². The third-order valence-electron chi connectivity index (χ3n) is 6.26. The van der Waals surface area contributed by atoms with Gasteiger partial charge in [0.1, 0.15) is 0 Å². The van der Waals surface area contributed by atoms with Crippen LogP contribution in [0.25, 0.3) is 0 Å². The second kappa shape index (κ2) is 14.8. The van der Waals surface area contributed by atoms with Crippen molar-refractivity contribution in [1.82, 2.24) is 10.6 Å². The van der Waals surface area contributed by atoms with Gasteiger partial charge in [0.05, 0.1) is 0 Å². The van der Waals surface area contributed by atoms with Crippen molar-refractivity contribution in [3.05, 3.63) is 131 Å². The van der Waals surface area contributed by atoms with Gasteiger partial charge >= 0.3 is 0 Å². The molecule has 0 radical (unpaired) electrons. The number of carbonyl (C=O) groups excluding carboxylic acids is 4. The fraction of sp³-hybridized carbons (Fsp3) is 0.152. The molecule has 0 aromatic heterocycles. The summed E-state index contributed by atoms with van der Waals surface area (Å²) in [5, 5.41) is 11.3. The Hall–Kier alpha value is -5.24. The van der Waals surface area contributed by atoms with Crippen molar-refractivity contribution in [2.24, 2.45) is 0 Å². The van der Waals surface area contributed by atoms with Crippen LogP contribution < -0.4 is 21.3 Å². The maximum atomic E-state index is 12.4. The van der Waals surface area contributed by atoms with Crippen LogP contribution in [0.15, 0.2) is 109 Å². The summed E-state index contributed by atoms with van der Waals surface area (Å²) in [5.74, 6) is -0.827. The molecule has 4 amide bonds. The average Bonchev–Trinajstić information content (AvgIpc) is 3.00. The Morgan fingerprint density at radius 3 is 1.20 bits per heavy atom. The maximum Gasteiger partial charge on any atom is 0.251 e. The lowest BCUT2D eigenvalue weighted by atomic mass is 10.1. The molecule has 4 N–H and O–H groups in total. The van der Waals surface area contributed by atoms with Crippen LogP contribution in [-0.2, 0) is 22.7 Å². The Morgan fingerprint density at radius 1 is 0.463 bits per heavy atom. The second-order valence-corrected chi connectivity index (χ2v) is 9.44. The highest BCUT2D eigenvalue weighted by atomic mass is 16.2. The summed E-state index contributed by atoms with van der Waals surface area (Å²) >= 11 is 0. The molecule has 0 spiro atoms. The average molecular weight is 549 g/mol. The molecule has 41 heavy (non-hydrogen) atoms. The predicted octanol–water partition coefficient (Wildman–Crippen LogP) is 5.29. The summed E-state index contributed by atoms with van der Waals surface area (Å²) < 4.78 is 0. The molecule has 0 unspecified atom stereocenters. The van der Waals surface area contributed by atoms with E-state index in [1.54, 1.807) is 48.5 Å². The smallest absolute Gasteiger partial charge is 0.251 e. The van der Waals surface area contributed by atoms with Gasteiger partial charge in [-0.15, -0.1) is 0 Å². The van der Waals surface area contributed by atoms with Gasteiger partial charge in [-0.3, -0.25) is 19.2 Å². The minimum Gasteiger partial charge on any atom is -0.348 e. The van der Waals surface area contributed by atoms with Crippen molar-refractivity contribution < 1.29 is 19.2 Å². The molecule has 0 heterocycles. The summed E-state index contributed by atoms with van der Waals surface area (Å²) in [6.07, 6.45) is 0.720. The number of carbonyl (C=O) groups is 4. The number of hydrogen-bond acceptors (Lipinski definition) is 4. The lowest BCUT2D eigenvalue weighted by molar-refractivity contribution is -0.117. The minimum atomic E-state index is -0.218. The van der Waals surface area contributed by atoms with Crippen molar-refractivity contribution in [3.63, 3.8) is 0 Å². The first kappa shape index (κ1) is 28.8. The van der Waals surface area contributed by atoms with E-state index < -0.39 is 0 Å². The topological polar surface area (TPSA) is 116 Å². The van der Waals surface area contributed by atoms with E-state index in [1.807, 2.05) is 60.7 Å². The van der Waals surface area contributed by atoms with E-state index in [4.69, 9.17) is 0 Å². The quantitative estimate of drug-likeness (QED) is 0.192. The molecule has 0 bridgehead atoms. The molecule has 0 saturated carbocycles. The van der Waals surface area contributed by atoms with Gasteiger partial charge in [-0.1, -0.05) is 60.7 Å². The third-order valence-corrected chi connectivity index (χ3v) is 6.26. The van der Waals surface area contributed by atoms with Crippen molar-refractivity contribution in [3.8, 4) is 0 Å². The molecular weight excluding hydrogens is 516 g/mol. The van der Waals surface area contributed by atoms with Crippen LogP contribution in [0.4, 0.5) is 11.4 Å². The fourth-order valence-corrected chi connectivity index (χ4v) is 4.03. The van der Waals surface area contributed by atoms with Gasteiger partial charge in [0.2, 0.25) is 11.8 Å². The first-order valence-electron chi connectivity index (χ1n) is 13.4. The summed E-state index contributed by atoms with van der Waals surface area (Å²) in [7, 11) is 0. The second-order valence-electron chi connectivity index (χ2n) is 9.44. The summed E-state index contributed by atoms with van der Waals surface area (Å²) in [4.78, 5) is 49.3. The zero-order chi connectivity index (χ0) is 28.9. The normalized spacial score (nSPS) is 10.3. The van der Waals surface area contributed by atoms with Crippen LogP contribution in [0.2, 0.25) is 0 Å². The predicted molar refractivity (Wildman–Crippen MR) is 159 cm³/mol. The SMILES string of the molecule is O=C(CCCC(=O)Nc1ccc(C(=O)NCc2ccccc2)cc1)Nc1ccc(C(=O)NCc2ccccc2)cc1. The molecule has 208 valence electrons. The summed E-state index contributed by atoms with van der Waals surface area (Å²) in [6.45, 7) is 0.868. The lowest BCUT2D eigenvalue weighted by Gasteiger charge is -2.09. The van der Waals surface area contributed by atoms with Crippen LogP contribution in [0.5, 0.6) is 0 Å². The van der Waals surface area contributed by atoms with Crippen LogP contribution in [0.1, 0.15) is 51.1 Å². The zero-order valence-corrected chi connectivity index (χ0v) is 22.6. The zero-order valence-electron chi connectivity index (χ0n) is 22.6. The van der Waals surface area contributed by atoms with Crippen LogP contribution >= 0.6 is 0 Å². The van der Waals surface area contributed by atoms with Gasteiger partial charge in [-0.25, -0.2) is 0 Å². The van der Waals surface area contributed by atoms with Gasteiger partial charge in [0, 0.05) is 48.4 Å². The molecule has 8 heteroatoms. The van der Waals surface area contributed by atoms with Gasteiger partial charge in [0.15, 0.2) is 0 Å². The largest absolute Gasteiger partial charge is 0.348 e. The van der Waals surface area contributed by atoms with Crippen LogP contribution in [0, 0.1) is 0 Å². The number of amides is 4. The molecule has 4 rings (SSSR count). The molecule has 0 saturated heterocycles. The van der Waals surface area contributed by atoms with Gasteiger partial charge in [0.25, 0.3) is 11.8 Å². The molecular formula is C33H32N4O4. The number of benzene rings is 4. The molecule has 0 atom stereocenters. The number of anilines is 2. The number of rotatable bonds is 12. The first-order valence-corrected chi connectivity index (χ1v) is 13.4. The Kier molecular flexibility index (Phi) is 10.4. The molecule has 0 aliphatic rings. The van der Waals surface area contributed by atoms with Crippen LogP contribution in [0.3, 0.4) is 0 Å². The van der Waals surface area contributed by atoms with Crippen molar-refractivity contribution in [2.45, 2.75) is 32.4 Å². The summed E-state index contributed by atoms with van der Waals surface area (Å²) in [5.41, 5.74) is 4.16. The Bertz CT molecular complexity index is 1340. The molecule has 0 aliphatic carbocycles. The van der Waals surface area contributed by atoms with Crippen LogP contribution in [-0.4, -0.2) is 23.6 Å². The van der Waals surface area contributed by atoms with E-state index in [2.05, 4.69) is 21.3 Å². The lowest BCUT2D eigenvalue weighted by Crippen LogP contribution is -2.22. The van der Waals surface area contributed by atoms with E-state index in [9.17, 15) is 19.2 Å². The van der Waals surface area contributed by atoms with E-state index in [-0.39, 0.29) is 36.5 Å². The number of nitrogens with one attached hydrogen (secondary N) is 4. The fourth-order valence-electron chi connectivity index (χ4n) is 4.03. The van der Waals surface area contributed by atoms with Gasteiger partial charge in [-0.2, -0.15) is 0 Å². The molecule has 4 aromatic rings. The monoisotopic (exact) mass is 548 g/mol. The molecule has 0 fully saturated rings. The highest BCUT2D eigenvalue weighted by Crippen LogP contribution is 2.13. The van der Waals surface area contributed by atoms with Gasteiger partial charge < -0.3 is 21.3 Å². The van der Waals surface area contributed by atoms with E-state index in [0.717, 1.165) is 11.1 Å². The maximum absolute atomic E-state index is 12.4. The first-order chi connectivity index (χ1) is 20.0. The van der Waals surface area contributed by atoms with Crippen molar-refractivity contribution in [1.29, 1.82) is 0 Å². The summed E-state index contributed by atoms with van der Waals surface area (Å²) in [6, 6.07) is 32.6. The van der Waals surface area contributed by atoms with Gasteiger partial charge in [-0.05, 0) is 66.1 Å². The third kappa shape index (κ3) is 9.47. The molecule has 8 nitrogen and oxygen atoms in total. The van der Waals surface area contributed by atoms with E-state index >= 15 is 0 Å². The molecule has 4 aromatic carbocycles. The van der Waals surface area contributed by atoms with E-state index in [1.165, 1.54) is 0 Å². The highest BCUT2D eigenvalue weighted by Gasteiger charge is 2.10. The Balaban J connectivity index is 1.13. The minimum absolute atomic E-state index is 0.174. The van der Waals surface area contributed by atoms with E-state index in [0.29, 0.717) is 42.0 Å². The number of hydrogen-bond donors (Lipinski definition) is 4.